The first-order chi connectivity index (χ1) is 8.63. The highest BCUT2D eigenvalue weighted by molar-refractivity contribution is 5.92. The summed E-state index contributed by atoms with van der Waals surface area (Å²) in [7, 11) is 0. The SMILES string of the molecule is CC.Cc1nc2cc(C(=O)O)ccc2n1CCO. The normalized spacial score (nSPS) is 10.0. The zero-order valence-electron chi connectivity index (χ0n) is 10.8. The summed E-state index contributed by atoms with van der Waals surface area (Å²) in [6.45, 7) is 6.33. The van der Waals surface area contributed by atoms with Crippen LogP contribution in [0.25, 0.3) is 11.0 Å². The number of aliphatic hydroxyl groups is 1. The molecule has 0 spiro atoms. The highest BCUT2D eigenvalue weighted by Gasteiger charge is 2.09. The van der Waals surface area contributed by atoms with Crippen molar-refractivity contribution in [1.29, 1.82) is 0 Å². The van der Waals surface area contributed by atoms with Gasteiger partial charge in [0.25, 0.3) is 0 Å². The van der Waals surface area contributed by atoms with Crippen molar-refractivity contribution in [2.45, 2.75) is 27.3 Å². The van der Waals surface area contributed by atoms with Gasteiger partial charge in [0.15, 0.2) is 0 Å². The maximum atomic E-state index is 10.8. The van der Waals surface area contributed by atoms with Crippen LogP contribution in [-0.2, 0) is 6.54 Å². The summed E-state index contributed by atoms with van der Waals surface area (Å²) in [5, 5.41) is 17.8. The van der Waals surface area contributed by atoms with Gasteiger partial charge in [-0.1, -0.05) is 13.8 Å². The van der Waals surface area contributed by atoms with Crippen molar-refractivity contribution in [3.8, 4) is 0 Å². The smallest absolute Gasteiger partial charge is 0.335 e. The minimum Gasteiger partial charge on any atom is -0.478 e. The Morgan fingerprint density at radius 2 is 2.06 bits per heavy atom. The third kappa shape index (κ3) is 2.68. The lowest BCUT2D eigenvalue weighted by atomic mass is 10.2. The number of aromatic nitrogens is 2. The number of carboxylic acids is 1. The van der Waals surface area contributed by atoms with E-state index in [1.54, 1.807) is 18.2 Å². The molecule has 1 aromatic carbocycles. The first-order valence-electron chi connectivity index (χ1n) is 5.94. The minimum absolute atomic E-state index is 0.0347. The molecule has 98 valence electrons. The Bertz CT molecular complexity index is 546. The van der Waals surface area contributed by atoms with Crippen LogP contribution in [0.15, 0.2) is 18.2 Å². The molecule has 0 atom stereocenters. The van der Waals surface area contributed by atoms with Crippen LogP contribution in [0.2, 0.25) is 0 Å². The molecule has 2 aromatic rings. The summed E-state index contributed by atoms with van der Waals surface area (Å²) in [4.78, 5) is 15.1. The Morgan fingerprint density at radius 1 is 1.39 bits per heavy atom. The van der Waals surface area contributed by atoms with Crippen LogP contribution < -0.4 is 0 Å². The van der Waals surface area contributed by atoms with E-state index in [4.69, 9.17) is 10.2 Å². The van der Waals surface area contributed by atoms with Gasteiger partial charge in [0.1, 0.15) is 5.82 Å². The highest BCUT2D eigenvalue weighted by Crippen LogP contribution is 2.17. The lowest BCUT2D eigenvalue weighted by molar-refractivity contribution is 0.0697. The van der Waals surface area contributed by atoms with Crippen molar-refractivity contribution in [3.63, 3.8) is 0 Å². The zero-order valence-corrected chi connectivity index (χ0v) is 10.8. The van der Waals surface area contributed by atoms with E-state index in [1.807, 2.05) is 25.3 Å². The van der Waals surface area contributed by atoms with Crippen LogP contribution in [0.3, 0.4) is 0 Å². The number of fused-ring (bicyclic) bond motifs is 1. The average Bonchev–Trinajstić information content (AvgIpc) is 2.68. The highest BCUT2D eigenvalue weighted by atomic mass is 16.4. The lowest BCUT2D eigenvalue weighted by Crippen LogP contribution is -2.03. The molecule has 0 radical (unpaired) electrons. The second-order valence-corrected chi connectivity index (χ2v) is 3.54. The molecule has 1 aromatic heterocycles. The summed E-state index contributed by atoms with van der Waals surface area (Å²) in [6, 6.07) is 4.80. The summed E-state index contributed by atoms with van der Waals surface area (Å²) >= 11 is 0. The van der Waals surface area contributed by atoms with Crippen molar-refractivity contribution in [3.05, 3.63) is 29.6 Å². The second kappa shape index (κ2) is 6.16. The molecule has 5 nitrogen and oxygen atoms in total. The average molecular weight is 250 g/mol. The number of carbonyl (C=O) groups is 1. The molecule has 0 aliphatic rings. The maximum Gasteiger partial charge on any atom is 0.335 e. The fourth-order valence-electron chi connectivity index (χ4n) is 1.77. The number of nitrogens with zero attached hydrogens (tertiary/aromatic N) is 2. The largest absolute Gasteiger partial charge is 0.478 e. The Morgan fingerprint density at radius 3 is 2.61 bits per heavy atom. The van der Waals surface area contributed by atoms with Gasteiger partial charge < -0.3 is 14.8 Å². The van der Waals surface area contributed by atoms with Crippen LogP contribution in [0.4, 0.5) is 0 Å². The van der Waals surface area contributed by atoms with Gasteiger partial charge in [0.2, 0.25) is 0 Å². The molecule has 2 N–H and O–H groups in total. The fraction of sp³-hybridized carbons (Fsp3) is 0.385. The van der Waals surface area contributed by atoms with Gasteiger partial charge in [-0.15, -0.1) is 0 Å². The number of carboxylic acid groups (broad SMARTS) is 1. The summed E-state index contributed by atoms with van der Waals surface area (Å²) < 4.78 is 1.86. The molecular weight excluding hydrogens is 232 g/mol. The van der Waals surface area contributed by atoms with Crippen molar-refractivity contribution in [2.24, 2.45) is 0 Å². The number of hydrogen-bond donors (Lipinski definition) is 2. The molecule has 0 saturated carbocycles. The molecule has 5 heteroatoms. The third-order valence-electron chi connectivity index (χ3n) is 2.51. The summed E-state index contributed by atoms with van der Waals surface area (Å²) in [5.74, 6) is -0.192. The molecule has 0 aliphatic carbocycles. The lowest BCUT2D eigenvalue weighted by Gasteiger charge is -2.03. The zero-order chi connectivity index (χ0) is 13.7. The molecule has 0 saturated heterocycles. The quantitative estimate of drug-likeness (QED) is 0.874. The van der Waals surface area contributed by atoms with E-state index >= 15 is 0 Å². The Hall–Kier alpha value is -1.88. The van der Waals surface area contributed by atoms with Crippen LogP contribution in [0, 0.1) is 6.92 Å². The van der Waals surface area contributed by atoms with Gasteiger partial charge >= 0.3 is 5.97 Å². The Labute approximate surface area is 106 Å². The predicted molar refractivity (Wildman–Crippen MR) is 69.9 cm³/mol. The van der Waals surface area contributed by atoms with Gasteiger partial charge in [0, 0.05) is 6.54 Å². The molecule has 0 amide bonds. The first-order valence-corrected chi connectivity index (χ1v) is 5.94. The molecule has 18 heavy (non-hydrogen) atoms. The molecule has 0 fully saturated rings. The topological polar surface area (TPSA) is 75.3 Å². The molecule has 2 rings (SSSR count). The fourth-order valence-corrected chi connectivity index (χ4v) is 1.77. The number of hydrogen-bond acceptors (Lipinski definition) is 3. The third-order valence-corrected chi connectivity index (χ3v) is 2.51. The summed E-state index contributed by atoms with van der Waals surface area (Å²) in [6.07, 6.45) is 0. The van der Waals surface area contributed by atoms with Gasteiger partial charge in [0.05, 0.1) is 23.2 Å². The van der Waals surface area contributed by atoms with Gasteiger partial charge in [-0.2, -0.15) is 0 Å². The van der Waals surface area contributed by atoms with E-state index in [2.05, 4.69) is 4.98 Å². The van der Waals surface area contributed by atoms with E-state index in [-0.39, 0.29) is 12.2 Å². The monoisotopic (exact) mass is 250 g/mol. The van der Waals surface area contributed by atoms with E-state index in [0.717, 1.165) is 11.3 Å². The van der Waals surface area contributed by atoms with Crippen molar-refractivity contribution >= 4 is 17.0 Å². The van der Waals surface area contributed by atoms with E-state index in [0.29, 0.717) is 12.1 Å². The molecule has 0 bridgehead atoms. The Kier molecular flexibility index (Phi) is 4.85. The predicted octanol–water partition coefficient (Wildman–Crippen LogP) is 2.06. The minimum atomic E-state index is -0.962. The first kappa shape index (κ1) is 14.2. The maximum absolute atomic E-state index is 10.8. The van der Waals surface area contributed by atoms with E-state index in [1.165, 1.54) is 0 Å². The number of benzene rings is 1. The van der Waals surface area contributed by atoms with Crippen molar-refractivity contribution < 1.29 is 15.0 Å². The number of aromatic carboxylic acids is 1. The number of imidazole rings is 1. The van der Waals surface area contributed by atoms with Crippen molar-refractivity contribution in [1.82, 2.24) is 9.55 Å². The van der Waals surface area contributed by atoms with E-state index in [9.17, 15) is 4.79 Å². The van der Waals surface area contributed by atoms with Gasteiger partial charge in [-0.25, -0.2) is 9.78 Å². The van der Waals surface area contributed by atoms with Crippen LogP contribution in [-0.4, -0.2) is 32.3 Å². The van der Waals surface area contributed by atoms with E-state index < -0.39 is 5.97 Å². The summed E-state index contributed by atoms with van der Waals surface area (Å²) in [5.41, 5.74) is 1.71. The van der Waals surface area contributed by atoms with Gasteiger partial charge in [-0.05, 0) is 25.1 Å². The second-order valence-electron chi connectivity index (χ2n) is 3.54. The van der Waals surface area contributed by atoms with Crippen LogP contribution in [0.5, 0.6) is 0 Å². The number of aryl methyl sites for hydroxylation is 1. The number of rotatable bonds is 3. The van der Waals surface area contributed by atoms with Gasteiger partial charge in [-0.3, -0.25) is 0 Å². The number of aliphatic hydroxyl groups excluding tert-OH is 1. The molecular formula is C13H18N2O3. The molecule has 0 aliphatic heterocycles. The van der Waals surface area contributed by atoms with Crippen LogP contribution >= 0.6 is 0 Å². The molecule has 0 unspecified atom stereocenters. The van der Waals surface area contributed by atoms with Crippen molar-refractivity contribution in [2.75, 3.05) is 6.61 Å². The standard InChI is InChI=1S/C11H12N2O3.C2H6/c1-7-12-9-6-8(11(15)16)2-3-10(9)13(7)4-5-14;1-2/h2-3,6,14H,4-5H2,1H3,(H,15,16);1-2H3. The van der Waals surface area contributed by atoms with Crippen LogP contribution in [0.1, 0.15) is 30.0 Å². The molecule has 1 heterocycles. The Balaban J connectivity index is 0.000000771.